The van der Waals surface area contributed by atoms with E-state index in [0.717, 1.165) is 11.3 Å². The van der Waals surface area contributed by atoms with E-state index in [1.165, 1.54) is 0 Å². The molecule has 1 aromatic rings. The van der Waals surface area contributed by atoms with E-state index < -0.39 is 6.04 Å². The summed E-state index contributed by atoms with van der Waals surface area (Å²) in [6, 6.07) is 7.29. The van der Waals surface area contributed by atoms with Gasteiger partial charge in [-0.1, -0.05) is 39.0 Å². The lowest BCUT2D eigenvalue weighted by Gasteiger charge is -2.32. The molecule has 1 heterocycles. The van der Waals surface area contributed by atoms with Crippen LogP contribution in [0.1, 0.15) is 32.8 Å². The molecule has 1 aliphatic rings. The van der Waals surface area contributed by atoms with Gasteiger partial charge in [-0.25, -0.2) is 0 Å². The molecule has 0 bridgehead atoms. The Balaban J connectivity index is 2.41. The van der Waals surface area contributed by atoms with Crippen molar-refractivity contribution in [2.24, 2.45) is 5.41 Å². The number of para-hydroxylation sites is 1. The Kier molecular flexibility index (Phi) is 3.84. The van der Waals surface area contributed by atoms with Crippen molar-refractivity contribution in [3.8, 4) is 0 Å². The molecule has 4 heteroatoms. The quantitative estimate of drug-likeness (QED) is 0.854. The van der Waals surface area contributed by atoms with E-state index in [-0.39, 0.29) is 17.2 Å². The molecule has 1 aromatic carbocycles. The first-order valence-corrected chi connectivity index (χ1v) is 6.97. The molecule has 0 saturated carbocycles. The third-order valence-corrected chi connectivity index (χ3v) is 3.65. The van der Waals surface area contributed by atoms with Crippen molar-refractivity contribution in [3.63, 3.8) is 0 Å². The highest BCUT2D eigenvalue weighted by molar-refractivity contribution is 6.02. The molecule has 2 rings (SSSR count). The van der Waals surface area contributed by atoms with Gasteiger partial charge < -0.3 is 10.2 Å². The monoisotopic (exact) mass is 274 g/mol. The highest BCUT2D eigenvalue weighted by Gasteiger charge is 2.38. The fraction of sp³-hybridized carbons (Fsp3) is 0.500. The average molecular weight is 274 g/mol. The maximum absolute atomic E-state index is 12.8. The number of aryl methyl sites for hydroxylation is 1. The molecular weight excluding hydrogens is 252 g/mol. The zero-order valence-corrected chi connectivity index (χ0v) is 12.6. The number of carbonyl (C=O) groups excluding carboxylic acids is 2. The number of amides is 2. The lowest BCUT2D eigenvalue weighted by atomic mass is 9.86. The van der Waals surface area contributed by atoms with Crippen LogP contribution in [0, 0.1) is 12.3 Å². The van der Waals surface area contributed by atoms with Crippen LogP contribution in [0.3, 0.4) is 0 Å². The van der Waals surface area contributed by atoms with Crippen LogP contribution >= 0.6 is 0 Å². The maximum atomic E-state index is 12.8. The third kappa shape index (κ3) is 2.84. The van der Waals surface area contributed by atoms with Gasteiger partial charge in [0.15, 0.2) is 0 Å². The molecule has 2 amide bonds. The second kappa shape index (κ2) is 5.27. The van der Waals surface area contributed by atoms with E-state index in [9.17, 15) is 9.59 Å². The molecule has 4 nitrogen and oxygen atoms in total. The lowest BCUT2D eigenvalue weighted by molar-refractivity contribution is -0.127. The van der Waals surface area contributed by atoms with Crippen LogP contribution in [-0.4, -0.2) is 24.4 Å². The van der Waals surface area contributed by atoms with Crippen molar-refractivity contribution in [2.45, 2.75) is 40.2 Å². The molecule has 1 unspecified atom stereocenters. The van der Waals surface area contributed by atoms with E-state index in [1.54, 1.807) is 4.90 Å². The largest absolute Gasteiger partial charge is 0.344 e. The number of anilines is 1. The van der Waals surface area contributed by atoms with Crippen LogP contribution in [0.2, 0.25) is 0 Å². The van der Waals surface area contributed by atoms with Crippen LogP contribution in [0.25, 0.3) is 0 Å². The minimum absolute atomic E-state index is 0.0300. The fourth-order valence-corrected chi connectivity index (χ4v) is 2.47. The van der Waals surface area contributed by atoms with Crippen molar-refractivity contribution < 1.29 is 9.59 Å². The number of carbonyl (C=O) groups is 2. The van der Waals surface area contributed by atoms with Gasteiger partial charge in [0.05, 0.1) is 0 Å². The Morgan fingerprint density at radius 3 is 2.45 bits per heavy atom. The first-order valence-electron chi connectivity index (χ1n) is 6.97. The molecule has 0 aromatic heterocycles. The van der Waals surface area contributed by atoms with Gasteiger partial charge in [-0.2, -0.15) is 0 Å². The summed E-state index contributed by atoms with van der Waals surface area (Å²) in [6.07, 6.45) is 0.340. The van der Waals surface area contributed by atoms with Crippen LogP contribution in [0.15, 0.2) is 24.3 Å². The molecule has 1 atom stereocenters. The summed E-state index contributed by atoms with van der Waals surface area (Å²) in [7, 11) is 0. The summed E-state index contributed by atoms with van der Waals surface area (Å²) in [5.41, 5.74) is 1.63. The summed E-state index contributed by atoms with van der Waals surface area (Å²) in [4.78, 5) is 26.4. The first kappa shape index (κ1) is 14.6. The standard InChI is InChI=1S/C16H22N2O2/c1-11-7-5-6-8-12(11)18-10-9-13(19)17-14(15(18)20)16(2,3)4/h5-8,14H,9-10H2,1-4H3,(H,17,19). The van der Waals surface area contributed by atoms with Gasteiger partial charge in [0.2, 0.25) is 11.8 Å². The second-order valence-electron chi connectivity index (χ2n) is 6.39. The maximum Gasteiger partial charge on any atom is 0.250 e. The lowest BCUT2D eigenvalue weighted by Crippen LogP contribution is -2.52. The van der Waals surface area contributed by atoms with Crippen LogP contribution in [-0.2, 0) is 9.59 Å². The minimum atomic E-state index is -0.489. The normalized spacial score (nSPS) is 20.6. The summed E-state index contributed by atoms with van der Waals surface area (Å²) in [5, 5.41) is 2.86. The summed E-state index contributed by atoms with van der Waals surface area (Å²) in [5.74, 6) is -0.0907. The van der Waals surface area contributed by atoms with Crippen molar-refractivity contribution >= 4 is 17.5 Å². The molecule has 0 aliphatic carbocycles. The number of nitrogens with zero attached hydrogens (tertiary/aromatic N) is 1. The van der Waals surface area contributed by atoms with Crippen LogP contribution in [0.5, 0.6) is 0 Å². The SMILES string of the molecule is Cc1ccccc1N1CCC(=O)NC(C(C)(C)C)C1=O. The number of hydrogen-bond acceptors (Lipinski definition) is 2. The Morgan fingerprint density at radius 1 is 1.20 bits per heavy atom. The first-order chi connectivity index (χ1) is 9.30. The Morgan fingerprint density at radius 2 is 1.85 bits per heavy atom. The number of nitrogens with one attached hydrogen (secondary N) is 1. The van der Waals surface area contributed by atoms with Gasteiger partial charge in [-0.05, 0) is 24.0 Å². The summed E-state index contributed by atoms with van der Waals surface area (Å²) < 4.78 is 0. The molecule has 108 valence electrons. The number of benzene rings is 1. The van der Waals surface area contributed by atoms with E-state index in [2.05, 4.69) is 5.32 Å². The van der Waals surface area contributed by atoms with Gasteiger partial charge in [-0.3, -0.25) is 9.59 Å². The average Bonchev–Trinajstić information content (AvgIpc) is 2.50. The van der Waals surface area contributed by atoms with Crippen LogP contribution in [0.4, 0.5) is 5.69 Å². The number of rotatable bonds is 1. The van der Waals surface area contributed by atoms with Crippen molar-refractivity contribution in [1.29, 1.82) is 0 Å². The predicted molar refractivity (Wildman–Crippen MR) is 79.5 cm³/mol. The minimum Gasteiger partial charge on any atom is -0.344 e. The molecular formula is C16H22N2O2. The smallest absolute Gasteiger partial charge is 0.250 e. The fourth-order valence-electron chi connectivity index (χ4n) is 2.47. The number of hydrogen-bond donors (Lipinski definition) is 1. The van der Waals surface area contributed by atoms with E-state index >= 15 is 0 Å². The van der Waals surface area contributed by atoms with Crippen LogP contribution < -0.4 is 10.2 Å². The zero-order valence-electron chi connectivity index (χ0n) is 12.6. The predicted octanol–water partition coefficient (Wildman–Crippen LogP) is 2.26. The van der Waals surface area contributed by atoms with Gasteiger partial charge in [0.1, 0.15) is 6.04 Å². The Bertz CT molecular complexity index is 532. The molecule has 1 fully saturated rings. The van der Waals surface area contributed by atoms with Gasteiger partial charge in [-0.15, -0.1) is 0 Å². The van der Waals surface area contributed by atoms with E-state index in [1.807, 2.05) is 52.0 Å². The third-order valence-electron chi connectivity index (χ3n) is 3.65. The highest BCUT2D eigenvalue weighted by atomic mass is 16.2. The van der Waals surface area contributed by atoms with E-state index in [4.69, 9.17) is 0 Å². The molecule has 1 aliphatic heterocycles. The van der Waals surface area contributed by atoms with Crippen molar-refractivity contribution in [1.82, 2.24) is 5.32 Å². The van der Waals surface area contributed by atoms with Gasteiger partial charge >= 0.3 is 0 Å². The summed E-state index contributed by atoms with van der Waals surface area (Å²) in [6.45, 7) is 8.32. The molecule has 0 spiro atoms. The van der Waals surface area contributed by atoms with Crippen molar-refractivity contribution in [2.75, 3.05) is 11.4 Å². The van der Waals surface area contributed by atoms with Gasteiger partial charge in [0.25, 0.3) is 0 Å². The Hall–Kier alpha value is -1.84. The summed E-state index contributed by atoms with van der Waals surface area (Å²) >= 11 is 0. The molecule has 0 radical (unpaired) electrons. The molecule has 20 heavy (non-hydrogen) atoms. The highest BCUT2D eigenvalue weighted by Crippen LogP contribution is 2.27. The van der Waals surface area contributed by atoms with Crippen molar-refractivity contribution in [3.05, 3.63) is 29.8 Å². The topological polar surface area (TPSA) is 49.4 Å². The van der Waals surface area contributed by atoms with Gasteiger partial charge in [0, 0.05) is 18.7 Å². The second-order valence-corrected chi connectivity index (χ2v) is 6.39. The zero-order chi connectivity index (χ0) is 14.9. The molecule has 1 N–H and O–H groups in total. The van der Waals surface area contributed by atoms with E-state index in [0.29, 0.717) is 13.0 Å². The molecule has 1 saturated heterocycles. The Labute approximate surface area is 120 Å².